The van der Waals surface area contributed by atoms with E-state index in [4.69, 9.17) is 15.0 Å². The number of rotatable bonds is 6. The SMILES string of the molecule is CC(C)(C)c1ccc(-c2nc3c(c4nc(-c5ccc(C(C)(C)C)cc5)n(-c5ccccc5)c4c4nc(-c5ccc(C(C)(C)C)cc5)n(-c5ccccc5)c34)n2-c2ccccc2)cc1. The molecule has 10 rings (SSSR count). The molecule has 0 unspecified atom stereocenters. The molecule has 0 spiro atoms. The Balaban J connectivity index is 1.43. The maximum atomic E-state index is 5.74. The van der Waals surface area contributed by atoms with E-state index < -0.39 is 0 Å². The van der Waals surface area contributed by atoms with Gasteiger partial charge in [-0.3, -0.25) is 13.7 Å². The number of imidazole rings is 3. The van der Waals surface area contributed by atoms with Gasteiger partial charge in [0, 0.05) is 33.8 Å². The Morgan fingerprint density at radius 1 is 0.286 bits per heavy atom. The number of benzene rings is 7. The van der Waals surface area contributed by atoms with Gasteiger partial charge >= 0.3 is 0 Å². The highest BCUT2D eigenvalue weighted by atomic mass is 15.2. The van der Waals surface area contributed by atoms with Gasteiger partial charge in [-0.05, 0) is 69.3 Å². The van der Waals surface area contributed by atoms with E-state index in [1.807, 2.05) is 0 Å². The summed E-state index contributed by atoms with van der Waals surface area (Å²) >= 11 is 0. The summed E-state index contributed by atoms with van der Waals surface area (Å²) in [5.41, 5.74) is 15.2. The molecule has 0 aliphatic rings. The van der Waals surface area contributed by atoms with E-state index in [0.29, 0.717) is 0 Å². The van der Waals surface area contributed by atoms with Crippen LogP contribution < -0.4 is 0 Å². The van der Waals surface area contributed by atoms with Crippen molar-refractivity contribution in [3.8, 4) is 51.2 Å². The summed E-state index contributed by atoms with van der Waals surface area (Å²) in [6.07, 6.45) is 0. The highest BCUT2D eigenvalue weighted by Crippen LogP contribution is 2.44. The lowest BCUT2D eigenvalue weighted by Gasteiger charge is -2.19. The van der Waals surface area contributed by atoms with E-state index in [9.17, 15) is 0 Å². The van der Waals surface area contributed by atoms with Gasteiger partial charge in [0.1, 0.15) is 50.6 Å². The number of hydrogen-bond donors (Lipinski definition) is 0. The second-order valence-electron chi connectivity index (χ2n) is 19.9. The smallest absolute Gasteiger partial charge is 0.145 e. The molecule has 0 saturated heterocycles. The van der Waals surface area contributed by atoms with Gasteiger partial charge in [0.2, 0.25) is 0 Å². The quantitative estimate of drug-likeness (QED) is 0.168. The molecule has 63 heavy (non-hydrogen) atoms. The average molecular weight is 823 g/mol. The summed E-state index contributed by atoms with van der Waals surface area (Å²) in [6.45, 7) is 20.3. The predicted octanol–water partition coefficient (Wildman–Crippen LogP) is 14.6. The van der Waals surface area contributed by atoms with Crippen LogP contribution in [0.25, 0.3) is 84.3 Å². The van der Waals surface area contributed by atoms with Crippen LogP contribution in [0.4, 0.5) is 0 Å². The first-order valence-electron chi connectivity index (χ1n) is 22.1. The zero-order valence-corrected chi connectivity index (χ0v) is 37.8. The summed E-state index contributed by atoms with van der Waals surface area (Å²) in [4.78, 5) is 17.2. The number of fused-ring (bicyclic) bond motifs is 6. The van der Waals surface area contributed by atoms with Gasteiger partial charge in [-0.25, -0.2) is 15.0 Å². The van der Waals surface area contributed by atoms with Gasteiger partial charge in [-0.1, -0.05) is 190 Å². The van der Waals surface area contributed by atoms with Crippen molar-refractivity contribution < 1.29 is 0 Å². The van der Waals surface area contributed by atoms with Crippen LogP contribution in [0.3, 0.4) is 0 Å². The van der Waals surface area contributed by atoms with Crippen molar-refractivity contribution in [3.63, 3.8) is 0 Å². The van der Waals surface area contributed by atoms with E-state index in [1.165, 1.54) is 16.7 Å². The second kappa shape index (κ2) is 14.8. The fourth-order valence-electron chi connectivity index (χ4n) is 8.84. The summed E-state index contributed by atoms with van der Waals surface area (Å²) in [5.74, 6) is 2.52. The van der Waals surface area contributed by atoms with Crippen LogP contribution in [0.2, 0.25) is 0 Å². The molecule has 0 N–H and O–H groups in total. The Hall–Kier alpha value is -7.05. The Morgan fingerprint density at radius 3 is 0.714 bits per heavy atom. The summed E-state index contributed by atoms with van der Waals surface area (Å²) in [6, 6.07) is 58.6. The first kappa shape index (κ1) is 40.0. The van der Waals surface area contributed by atoms with E-state index in [0.717, 1.165) is 84.3 Å². The average Bonchev–Trinajstić information content (AvgIpc) is 3.99. The lowest BCUT2D eigenvalue weighted by molar-refractivity contribution is 0.590. The molecule has 0 atom stereocenters. The molecular weight excluding hydrogens is 769 g/mol. The first-order chi connectivity index (χ1) is 30.2. The molecule has 0 radical (unpaired) electrons. The lowest BCUT2D eigenvalue weighted by Crippen LogP contribution is -2.10. The van der Waals surface area contributed by atoms with Crippen molar-refractivity contribution in [2.45, 2.75) is 78.6 Å². The molecule has 0 saturated carbocycles. The van der Waals surface area contributed by atoms with Gasteiger partial charge < -0.3 is 0 Å². The number of nitrogens with zero attached hydrogens (tertiary/aromatic N) is 6. The molecule has 3 aromatic heterocycles. The molecular formula is C57H54N6. The van der Waals surface area contributed by atoms with Gasteiger partial charge in [0.05, 0.1) is 0 Å². The summed E-state index contributed by atoms with van der Waals surface area (Å²) in [7, 11) is 0. The van der Waals surface area contributed by atoms with E-state index in [2.05, 4.69) is 240 Å². The number of hydrogen-bond acceptors (Lipinski definition) is 3. The number of para-hydroxylation sites is 3. The maximum Gasteiger partial charge on any atom is 0.145 e. The van der Waals surface area contributed by atoms with Crippen LogP contribution in [0, 0.1) is 0 Å². The molecule has 0 aliphatic heterocycles. The third kappa shape index (κ3) is 6.94. The van der Waals surface area contributed by atoms with Crippen LogP contribution in [0.5, 0.6) is 0 Å². The monoisotopic (exact) mass is 822 g/mol. The highest BCUT2D eigenvalue weighted by molar-refractivity contribution is 6.22. The van der Waals surface area contributed by atoms with Crippen molar-refractivity contribution in [1.82, 2.24) is 28.7 Å². The molecule has 0 bridgehead atoms. The van der Waals surface area contributed by atoms with E-state index >= 15 is 0 Å². The Labute approximate surface area is 370 Å². The van der Waals surface area contributed by atoms with Crippen molar-refractivity contribution >= 4 is 33.1 Å². The normalized spacial score (nSPS) is 12.5. The van der Waals surface area contributed by atoms with Gasteiger partial charge in [-0.15, -0.1) is 0 Å². The number of aromatic nitrogens is 6. The van der Waals surface area contributed by atoms with Crippen molar-refractivity contribution in [2.24, 2.45) is 0 Å². The fraction of sp³-hybridized carbons (Fsp3) is 0.211. The molecule has 0 fully saturated rings. The zero-order valence-electron chi connectivity index (χ0n) is 37.8. The first-order valence-corrected chi connectivity index (χ1v) is 22.1. The highest BCUT2D eigenvalue weighted by Gasteiger charge is 2.31. The van der Waals surface area contributed by atoms with E-state index in [1.54, 1.807) is 0 Å². The van der Waals surface area contributed by atoms with Crippen LogP contribution >= 0.6 is 0 Å². The minimum absolute atomic E-state index is 0.00580. The Kier molecular flexibility index (Phi) is 9.41. The minimum atomic E-state index is 0.00580. The maximum absolute atomic E-state index is 5.74. The minimum Gasteiger partial charge on any atom is -0.290 e. The Morgan fingerprint density at radius 2 is 0.508 bits per heavy atom. The molecule has 312 valence electrons. The fourth-order valence-corrected chi connectivity index (χ4v) is 8.84. The summed E-state index contributed by atoms with van der Waals surface area (Å²) < 4.78 is 6.95. The van der Waals surface area contributed by atoms with E-state index in [-0.39, 0.29) is 16.2 Å². The van der Waals surface area contributed by atoms with Crippen molar-refractivity contribution in [1.29, 1.82) is 0 Å². The molecule has 3 heterocycles. The lowest BCUT2D eigenvalue weighted by atomic mass is 9.86. The third-order valence-electron chi connectivity index (χ3n) is 12.4. The van der Waals surface area contributed by atoms with Crippen molar-refractivity contribution in [3.05, 3.63) is 180 Å². The molecule has 0 aliphatic carbocycles. The van der Waals surface area contributed by atoms with Gasteiger partial charge in [-0.2, -0.15) is 0 Å². The third-order valence-corrected chi connectivity index (χ3v) is 12.4. The Bertz CT molecular complexity index is 2870. The second-order valence-corrected chi connectivity index (χ2v) is 19.9. The standard InChI is InChI=1S/C57H54N6/c1-55(2,3)40-31-25-37(26-32-40)52-58-46-49(61(52)43-19-13-10-14-20-43)47-51(63(45-23-17-12-18-24-45)53(59-47)38-27-33-41(34-28-38)56(4,5)6)48-50(46)62(44-21-15-11-16-22-44)54(60-48)39-29-35-42(36-30-39)57(7,8)9/h10-36H,1-9H3. The molecule has 6 heteroatoms. The largest absolute Gasteiger partial charge is 0.290 e. The molecule has 6 nitrogen and oxygen atoms in total. The van der Waals surface area contributed by atoms with Gasteiger partial charge in [0.25, 0.3) is 0 Å². The summed E-state index contributed by atoms with van der Waals surface area (Å²) in [5, 5.41) is 0. The van der Waals surface area contributed by atoms with Crippen molar-refractivity contribution in [2.75, 3.05) is 0 Å². The topological polar surface area (TPSA) is 53.5 Å². The predicted molar refractivity (Wildman–Crippen MR) is 263 cm³/mol. The molecule has 10 aromatic rings. The molecule has 7 aromatic carbocycles. The zero-order chi connectivity index (χ0) is 43.8. The van der Waals surface area contributed by atoms with Crippen LogP contribution in [0.1, 0.15) is 79.0 Å². The van der Waals surface area contributed by atoms with Crippen LogP contribution in [0.15, 0.2) is 164 Å². The van der Waals surface area contributed by atoms with Crippen LogP contribution in [-0.2, 0) is 16.2 Å². The molecule has 0 amide bonds. The van der Waals surface area contributed by atoms with Gasteiger partial charge in [0.15, 0.2) is 0 Å². The van der Waals surface area contributed by atoms with Crippen LogP contribution in [-0.4, -0.2) is 28.7 Å².